The van der Waals surface area contributed by atoms with Crippen LogP contribution in [-0.2, 0) is 6.42 Å². The molecule has 0 unspecified atom stereocenters. The van der Waals surface area contributed by atoms with Crippen LogP contribution in [0.25, 0.3) is 0 Å². The highest BCUT2D eigenvalue weighted by Gasteiger charge is 2.02. The van der Waals surface area contributed by atoms with Crippen molar-refractivity contribution >= 4 is 34.8 Å². The van der Waals surface area contributed by atoms with Crippen molar-refractivity contribution in [3.63, 3.8) is 0 Å². The van der Waals surface area contributed by atoms with Gasteiger partial charge in [0.25, 0.3) is 0 Å². The first-order valence-electron chi connectivity index (χ1n) is 8.47. The third kappa shape index (κ3) is 5.01. The van der Waals surface area contributed by atoms with Gasteiger partial charge in [0.2, 0.25) is 0 Å². The molecule has 0 fully saturated rings. The molecule has 3 aromatic rings. The van der Waals surface area contributed by atoms with Gasteiger partial charge in [-0.05, 0) is 35.4 Å². The smallest absolute Gasteiger partial charge is 0.100 e. The van der Waals surface area contributed by atoms with Crippen molar-refractivity contribution in [2.24, 2.45) is 5.10 Å². The minimum absolute atomic E-state index is 0.689. The second-order valence-electron chi connectivity index (χ2n) is 5.94. The molecule has 0 aromatic heterocycles. The summed E-state index contributed by atoms with van der Waals surface area (Å²) in [5.74, 6) is 0. The van der Waals surface area contributed by atoms with Gasteiger partial charge in [0.05, 0.1) is 6.21 Å². The zero-order valence-electron chi connectivity index (χ0n) is 14.7. The molecule has 0 radical (unpaired) electrons. The number of nitrogens with zero attached hydrogens (tertiary/aromatic N) is 2. The highest BCUT2D eigenvalue weighted by atomic mass is 32.1. The lowest BCUT2D eigenvalue weighted by molar-refractivity contribution is 1.02. The Morgan fingerprint density at radius 2 is 1.46 bits per heavy atom. The average Bonchev–Trinajstić information content (AvgIpc) is 2.69. The summed E-state index contributed by atoms with van der Waals surface area (Å²) < 4.78 is 0. The quantitative estimate of drug-likeness (QED) is 0.383. The molecule has 26 heavy (non-hydrogen) atoms. The minimum atomic E-state index is 0.689. The number of benzene rings is 3. The summed E-state index contributed by atoms with van der Waals surface area (Å²) in [5, 5.41) is 4.24. The number of thiocarbonyl (C=S) groups is 1. The number of hydrogen-bond acceptors (Lipinski definition) is 3. The van der Waals surface area contributed by atoms with E-state index in [1.165, 1.54) is 5.56 Å². The molecule has 0 aliphatic heterocycles. The van der Waals surface area contributed by atoms with Crippen LogP contribution in [0.5, 0.6) is 0 Å². The first-order chi connectivity index (χ1) is 12.7. The van der Waals surface area contributed by atoms with Crippen LogP contribution in [0, 0.1) is 0 Å². The van der Waals surface area contributed by atoms with E-state index in [0.29, 0.717) is 11.4 Å². The van der Waals surface area contributed by atoms with Gasteiger partial charge in [-0.3, -0.25) is 5.43 Å². The molecule has 0 saturated heterocycles. The van der Waals surface area contributed by atoms with E-state index >= 15 is 0 Å². The third-order valence-corrected chi connectivity index (χ3v) is 4.27. The maximum Gasteiger partial charge on any atom is 0.100 e. The van der Waals surface area contributed by atoms with E-state index in [4.69, 9.17) is 12.2 Å². The molecule has 0 aliphatic carbocycles. The molecule has 4 heteroatoms. The number of para-hydroxylation sites is 1. The van der Waals surface area contributed by atoms with E-state index in [0.717, 1.165) is 16.9 Å². The van der Waals surface area contributed by atoms with E-state index in [2.05, 4.69) is 58.9 Å². The van der Waals surface area contributed by atoms with Crippen molar-refractivity contribution < 1.29 is 0 Å². The van der Waals surface area contributed by atoms with E-state index in [9.17, 15) is 0 Å². The molecular weight excluding hydrogens is 338 g/mol. The monoisotopic (exact) mass is 359 g/mol. The molecule has 0 spiro atoms. The van der Waals surface area contributed by atoms with E-state index in [1.54, 1.807) is 6.21 Å². The zero-order valence-corrected chi connectivity index (χ0v) is 15.5. The van der Waals surface area contributed by atoms with Gasteiger partial charge in [-0.1, -0.05) is 72.9 Å². The minimum Gasteiger partial charge on any atom is -0.345 e. The molecule has 0 bridgehead atoms. The SMILES string of the molecule is CN(c1ccccc1)c1ccc(/C=N\NC(=S)Cc2ccccc2)cc1. The Bertz CT molecular complexity index is 859. The summed E-state index contributed by atoms with van der Waals surface area (Å²) in [4.78, 5) is 2.85. The first kappa shape index (κ1) is 17.8. The maximum atomic E-state index is 5.33. The van der Waals surface area contributed by atoms with Gasteiger partial charge in [-0.2, -0.15) is 5.10 Å². The highest BCUT2D eigenvalue weighted by Crippen LogP contribution is 2.22. The topological polar surface area (TPSA) is 27.6 Å². The predicted molar refractivity (Wildman–Crippen MR) is 114 cm³/mol. The van der Waals surface area contributed by atoms with Crippen LogP contribution < -0.4 is 10.3 Å². The molecular formula is C22H21N3S. The molecule has 0 amide bonds. The Kier molecular flexibility index (Phi) is 6.12. The first-order valence-corrected chi connectivity index (χ1v) is 8.88. The molecule has 1 N–H and O–H groups in total. The van der Waals surface area contributed by atoms with E-state index in [-0.39, 0.29) is 0 Å². The number of nitrogens with one attached hydrogen (secondary N) is 1. The summed E-state index contributed by atoms with van der Waals surface area (Å²) in [7, 11) is 2.06. The van der Waals surface area contributed by atoms with Crippen molar-refractivity contribution in [1.29, 1.82) is 0 Å². The van der Waals surface area contributed by atoms with Crippen molar-refractivity contribution in [3.05, 3.63) is 96.1 Å². The summed E-state index contributed by atoms with van der Waals surface area (Å²) in [6.07, 6.45) is 2.47. The van der Waals surface area contributed by atoms with E-state index < -0.39 is 0 Å². The summed E-state index contributed by atoms with van der Waals surface area (Å²) in [5.41, 5.74) is 7.41. The van der Waals surface area contributed by atoms with Crippen molar-refractivity contribution in [3.8, 4) is 0 Å². The number of hydrogen-bond donors (Lipinski definition) is 1. The lowest BCUT2D eigenvalue weighted by Gasteiger charge is -2.19. The molecule has 0 saturated carbocycles. The molecule has 0 aliphatic rings. The van der Waals surface area contributed by atoms with Gasteiger partial charge >= 0.3 is 0 Å². The van der Waals surface area contributed by atoms with Gasteiger partial charge in [0, 0.05) is 24.8 Å². The highest BCUT2D eigenvalue weighted by molar-refractivity contribution is 7.80. The van der Waals surface area contributed by atoms with Crippen LogP contribution >= 0.6 is 12.2 Å². The third-order valence-electron chi connectivity index (χ3n) is 4.03. The summed E-state index contributed by atoms with van der Waals surface area (Å²) in [6.45, 7) is 0. The van der Waals surface area contributed by atoms with Gasteiger partial charge in [0.15, 0.2) is 0 Å². The molecule has 0 heterocycles. The lowest BCUT2D eigenvalue weighted by Crippen LogP contribution is -2.17. The van der Waals surface area contributed by atoms with Crippen LogP contribution in [0.4, 0.5) is 11.4 Å². The van der Waals surface area contributed by atoms with Gasteiger partial charge in [0.1, 0.15) is 4.99 Å². The Hall–Kier alpha value is -2.98. The van der Waals surface area contributed by atoms with Crippen LogP contribution in [-0.4, -0.2) is 18.3 Å². The average molecular weight is 359 g/mol. The van der Waals surface area contributed by atoms with Crippen molar-refractivity contribution in [2.45, 2.75) is 6.42 Å². The predicted octanol–water partition coefficient (Wildman–Crippen LogP) is 4.95. The molecule has 130 valence electrons. The Labute approximate surface area is 160 Å². The van der Waals surface area contributed by atoms with Crippen LogP contribution in [0.2, 0.25) is 0 Å². The molecule has 3 aromatic carbocycles. The molecule has 0 atom stereocenters. The van der Waals surface area contributed by atoms with Crippen LogP contribution in [0.3, 0.4) is 0 Å². The summed E-state index contributed by atoms with van der Waals surface area (Å²) in [6, 6.07) is 28.6. The number of anilines is 2. The summed E-state index contributed by atoms with van der Waals surface area (Å²) >= 11 is 5.33. The van der Waals surface area contributed by atoms with Crippen molar-refractivity contribution in [2.75, 3.05) is 11.9 Å². The Balaban J connectivity index is 1.55. The van der Waals surface area contributed by atoms with Crippen LogP contribution in [0.1, 0.15) is 11.1 Å². The number of hydrazone groups is 1. The van der Waals surface area contributed by atoms with Crippen LogP contribution in [0.15, 0.2) is 90.0 Å². The second kappa shape index (κ2) is 8.92. The lowest BCUT2D eigenvalue weighted by atomic mass is 10.1. The maximum absolute atomic E-state index is 5.33. The van der Waals surface area contributed by atoms with Gasteiger partial charge < -0.3 is 4.90 Å². The normalized spacial score (nSPS) is 10.7. The molecule has 3 nitrogen and oxygen atoms in total. The fourth-order valence-corrected chi connectivity index (χ4v) is 2.80. The van der Waals surface area contributed by atoms with E-state index in [1.807, 2.05) is 48.5 Å². The Morgan fingerprint density at radius 1 is 0.885 bits per heavy atom. The van der Waals surface area contributed by atoms with Crippen molar-refractivity contribution in [1.82, 2.24) is 5.43 Å². The fraction of sp³-hybridized carbons (Fsp3) is 0.0909. The largest absolute Gasteiger partial charge is 0.345 e. The zero-order chi connectivity index (χ0) is 18.2. The van der Waals surface area contributed by atoms with Gasteiger partial charge in [-0.15, -0.1) is 0 Å². The van der Waals surface area contributed by atoms with Gasteiger partial charge in [-0.25, -0.2) is 0 Å². The molecule has 3 rings (SSSR count). The standard InChI is InChI=1S/C22H21N3S/c1-25(20-10-6-3-7-11-20)21-14-12-19(13-15-21)17-23-24-22(26)16-18-8-4-2-5-9-18/h2-15,17H,16H2,1H3,(H,24,26)/b23-17-. The Morgan fingerprint density at radius 3 is 2.12 bits per heavy atom. The second-order valence-corrected chi connectivity index (χ2v) is 6.43. The number of rotatable bonds is 6. The fourth-order valence-electron chi connectivity index (χ4n) is 2.58.